The summed E-state index contributed by atoms with van der Waals surface area (Å²) in [4.78, 5) is 1.46. The highest BCUT2D eigenvalue weighted by atomic mass is 16.3. The molecule has 1 heterocycles. The Morgan fingerprint density at radius 3 is 2.43 bits per heavy atom. The lowest BCUT2D eigenvalue weighted by molar-refractivity contribution is -0.920. The smallest absolute Gasteiger partial charge is 0.118 e. The van der Waals surface area contributed by atoms with E-state index >= 15 is 0 Å². The Morgan fingerprint density at radius 2 is 1.78 bits per heavy atom. The number of hydrogen-bond donors (Lipinski definition) is 2. The monoisotopic (exact) mass is 315 g/mol. The molecule has 1 aromatic heterocycles. The molecule has 3 nitrogen and oxygen atoms in total. The van der Waals surface area contributed by atoms with Crippen LogP contribution in [0, 0.1) is 5.92 Å². The van der Waals surface area contributed by atoms with E-state index in [2.05, 4.69) is 74.0 Å². The van der Waals surface area contributed by atoms with Crippen LogP contribution in [-0.2, 0) is 13.1 Å². The molecule has 2 rings (SSSR count). The van der Waals surface area contributed by atoms with Gasteiger partial charge in [0.1, 0.15) is 19.2 Å². The molecule has 0 saturated carbocycles. The van der Waals surface area contributed by atoms with E-state index in [1.165, 1.54) is 16.2 Å². The van der Waals surface area contributed by atoms with Gasteiger partial charge in [0.05, 0.1) is 12.2 Å². The van der Waals surface area contributed by atoms with Crippen molar-refractivity contribution in [1.29, 1.82) is 0 Å². The van der Waals surface area contributed by atoms with Crippen LogP contribution >= 0.6 is 0 Å². The van der Waals surface area contributed by atoms with Crippen molar-refractivity contribution in [3.8, 4) is 0 Å². The molecule has 0 aliphatic rings. The fourth-order valence-electron chi connectivity index (χ4n) is 3.08. The molecule has 2 atom stereocenters. The van der Waals surface area contributed by atoms with E-state index in [1.54, 1.807) is 0 Å². The van der Waals surface area contributed by atoms with Crippen molar-refractivity contribution in [3.05, 3.63) is 59.9 Å². The molecule has 0 amide bonds. The fourth-order valence-corrected chi connectivity index (χ4v) is 3.08. The summed E-state index contributed by atoms with van der Waals surface area (Å²) in [6, 6.07) is 14.9. The van der Waals surface area contributed by atoms with Gasteiger partial charge in [-0.15, -0.1) is 0 Å². The summed E-state index contributed by atoms with van der Waals surface area (Å²) in [5, 5.41) is 10.0. The quantitative estimate of drug-likeness (QED) is 0.731. The van der Waals surface area contributed by atoms with Crippen molar-refractivity contribution in [2.75, 3.05) is 13.1 Å². The molecule has 1 unspecified atom stereocenters. The van der Waals surface area contributed by atoms with Gasteiger partial charge in [-0.25, -0.2) is 0 Å². The Labute approximate surface area is 140 Å². The summed E-state index contributed by atoms with van der Waals surface area (Å²) < 4.78 is 2.33. The van der Waals surface area contributed by atoms with Crippen LogP contribution in [0.2, 0.25) is 0 Å². The van der Waals surface area contributed by atoms with Gasteiger partial charge in [0.25, 0.3) is 0 Å². The van der Waals surface area contributed by atoms with Crippen LogP contribution in [0.1, 0.15) is 38.4 Å². The van der Waals surface area contributed by atoms with Crippen LogP contribution in [0.3, 0.4) is 0 Å². The van der Waals surface area contributed by atoms with E-state index in [-0.39, 0.29) is 6.10 Å². The van der Waals surface area contributed by atoms with Crippen LogP contribution in [0.4, 0.5) is 0 Å². The third-order valence-electron chi connectivity index (χ3n) is 4.24. The molecule has 0 spiro atoms. The van der Waals surface area contributed by atoms with E-state index in [1.807, 2.05) is 0 Å². The zero-order valence-electron chi connectivity index (χ0n) is 14.7. The largest absolute Gasteiger partial charge is 0.387 e. The molecule has 0 saturated heterocycles. The van der Waals surface area contributed by atoms with Gasteiger partial charge in [-0.2, -0.15) is 0 Å². The average molecular weight is 315 g/mol. The van der Waals surface area contributed by atoms with Crippen molar-refractivity contribution in [3.63, 3.8) is 0 Å². The lowest BCUT2D eigenvalue weighted by Gasteiger charge is -2.24. The average Bonchev–Trinajstić information content (AvgIpc) is 2.94. The van der Waals surface area contributed by atoms with E-state index in [4.69, 9.17) is 0 Å². The maximum atomic E-state index is 10.0. The molecule has 0 bridgehead atoms. The van der Waals surface area contributed by atoms with E-state index in [9.17, 15) is 5.11 Å². The zero-order chi connectivity index (χ0) is 16.7. The van der Waals surface area contributed by atoms with Crippen LogP contribution in [0.5, 0.6) is 0 Å². The zero-order valence-corrected chi connectivity index (χ0v) is 14.7. The number of benzene rings is 1. The Hall–Kier alpha value is -1.58. The maximum absolute atomic E-state index is 10.0. The van der Waals surface area contributed by atoms with Crippen molar-refractivity contribution in [2.45, 2.75) is 46.4 Å². The summed E-state index contributed by atoms with van der Waals surface area (Å²) in [5.41, 5.74) is 2.66. The lowest BCUT2D eigenvalue weighted by atomic mass is 10.1. The molecule has 3 heteroatoms. The molecule has 0 radical (unpaired) electrons. The SMILES string of the molecule is CC[C@@H](O)C[NH+](Cc1cccn1Cc1ccccc1)CC(C)C. The standard InChI is InChI=1S/C20H30N2O/c1-4-20(23)16-21(13-17(2)3)15-19-11-8-12-22(19)14-18-9-6-5-7-10-18/h5-12,17,20,23H,4,13-16H2,1-3H3/p+1/t20-/m1/s1. The summed E-state index contributed by atoms with van der Waals surface area (Å²) in [5.74, 6) is 0.631. The second kappa shape index (κ2) is 8.90. The summed E-state index contributed by atoms with van der Waals surface area (Å²) in [6.45, 7) is 10.3. The normalized spacial score (nSPS) is 14.1. The number of aromatic nitrogens is 1. The number of rotatable bonds is 9. The van der Waals surface area contributed by atoms with Gasteiger partial charge >= 0.3 is 0 Å². The highest BCUT2D eigenvalue weighted by Crippen LogP contribution is 2.07. The van der Waals surface area contributed by atoms with Crippen molar-refractivity contribution < 1.29 is 10.0 Å². The first-order chi connectivity index (χ1) is 11.1. The minimum absolute atomic E-state index is 0.207. The van der Waals surface area contributed by atoms with Gasteiger partial charge in [0.2, 0.25) is 0 Å². The number of aliphatic hydroxyl groups excluding tert-OH is 1. The minimum Gasteiger partial charge on any atom is -0.387 e. The van der Waals surface area contributed by atoms with Crippen molar-refractivity contribution in [2.24, 2.45) is 5.92 Å². The number of hydrogen-bond acceptors (Lipinski definition) is 1. The van der Waals surface area contributed by atoms with Gasteiger partial charge in [0.15, 0.2) is 0 Å². The van der Waals surface area contributed by atoms with Gasteiger partial charge < -0.3 is 14.6 Å². The molecular weight excluding hydrogens is 284 g/mol. The van der Waals surface area contributed by atoms with Gasteiger partial charge in [-0.3, -0.25) is 0 Å². The maximum Gasteiger partial charge on any atom is 0.118 e. The van der Waals surface area contributed by atoms with E-state index in [0.29, 0.717) is 5.92 Å². The Kier molecular flexibility index (Phi) is 6.87. The highest BCUT2D eigenvalue weighted by Gasteiger charge is 2.17. The second-order valence-corrected chi connectivity index (χ2v) is 6.90. The molecule has 2 aromatic rings. The summed E-state index contributed by atoms with van der Waals surface area (Å²) in [7, 11) is 0. The van der Waals surface area contributed by atoms with Gasteiger partial charge in [0, 0.05) is 18.7 Å². The topological polar surface area (TPSA) is 29.6 Å². The number of aliphatic hydroxyl groups is 1. The highest BCUT2D eigenvalue weighted by molar-refractivity contribution is 5.17. The molecular formula is C20H31N2O+. The van der Waals surface area contributed by atoms with Gasteiger partial charge in [-0.05, 0) is 24.1 Å². The first kappa shape index (κ1) is 17.8. The minimum atomic E-state index is -0.207. The van der Waals surface area contributed by atoms with E-state index < -0.39 is 0 Å². The molecule has 0 aliphatic heterocycles. The molecule has 126 valence electrons. The second-order valence-electron chi connectivity index (χ2n) is 6.90. The van der Waals surface area contributed by atoms with Crippen LogP contribution in [0.15, 0.2) is 48.7 Å². The Balaban J connectivity index is 2.06. The molecule has 0 aliphatic carbocycles. The summed E-state index contributed by atoms with van der Waals surface area (Å²) >= 11 is 0. The third kappa shape index (κ3) is 5.85. The molecule has 0 fully saturated rings. The lowest BCUT2D eigenvalue weighted by Crippen LogP contribution is -3.12. The first-order valence-corrected chi connectivity index (χ1v) is 8.78. The third-order valence-corrected chi connectivity index (χ3v) is 4.24. The molecule has 2 N–H and O–H groups in total. The fraction of sp³-hybridized carbons (Fsp3) is 0.500. The summed E-state index contributed by atoms with van der Waals surface area (Å²) in [6.07, 6.45) is 2.78. The predicted octanol–water partition coefficient (Wildman–Crippen LogP) is 2.35. The van der Waals surface area contributed by atoms with Crippen LogP contribution < -0.4 is 4.90 Å². The van der Waals surface area contributed by atoms with Crippen LogP contribution in [-0.4, -0.2) is 28.9 Å². The number of quaternary nitrogens is 1. The Bertz CT molecular complexity index is 562. The Morgan fingerprint density at radius 1 is 1.04 bits per heavy atom. The number of nitrogens with one attached hydrogen (secondary N) is 1. The van der Waals surface area contributed by atoms with Crippen molar-refractivity contribution >= 4 is 0 Å². The number of nitrogens with zero attached hydrogens (tertiary/aromatic N) is 1. The molecule has 23 heavy (non-hydrogen) atoms. The van der Waals surface area contributed by atoms with E-state index in [0.717, 1.165) is 32.6 Å². The first-order valence-electron chi connectivity index (χ1n) is 8.78. The van der Waals surface area contributed by atoms with Crippen molar-refractivity contribution in [1.82, 2.24) is 4.57 Å². The van der Waals surface area contributed by atoms with Crippen LogP contribution in [0.25, 0.3) is 0 Å². The molecule has 1 aromatic carbocycles. The predicted molar refractivity (Wildman–Crippen MR) is 95.5 cm³/mol. The van der Waals surface area contributed by atoms with Gasteiger partial charge in [-0.1, -0.05) is 51.1 Å².